The van der Waals surface area contributed by atoms with Crippen molar-refractivity contribution in [3.8, 4) is 16.8 Å². The zero-order valence-electron chi connectivity index (χ0n) is 34.8. The summed E-state index contributed by atoms with van der Waals surface area (Å²) in [6.07, 6.45) is 1.95. The molecule has 294 valence electrons. The van der Waals surface area contributed by atoms with Crippen molar-refractivity contribution in [1.29, 1.82) is 0 Å². The fourth-order valence-corrected chi connectivity index (χ4v) is 11.2. The standard InChI is InChI=1S/C60H43NO/c1-60(2)52-17-8-5-14-47(52)50-35-40(26-32-53(50)60)42(28-22-37-23-29-44-39(34-37)25-31-45-43-13-4-3-12-38(43)24-30-46(44)45)41-27-33-55-51(36-41)48-15-6-9-18-54(48)61(55)56-19-11-21-58-59(56)49-16-7-10-20-57(49)62-58/h3-21,23-27,29-36,42H,22,28H2,1-2H3. The van der Waals surface area contributed by atoms with Crippen LogP contribution in [0.1, 0.15) is 54.0 Å². The fraction of sp³-hybridized carbons (Fsp3) is 0.100. The Morgan fingerprint density at radius 2 is 1.11 bits per heavy atom. The molecule has 1 atom stereocenters. The van der Waals surface area contributed by atoms with E-state index in [1.807, 2.05) is 6.07 Å². The van der Waals surface area contributed by atoms with Gasteiger partial charge in [-0.05, 0) is 121 Å². The topological polar surface area (TPSA) is 18.1 Å². The second kappa shape index (κ2) is 13.3. The van der Waals surface area contributed by atoms with Crippen molar-refractivity contribution in [2.24, 2.45) is 0 Å². The van der Waals surface area contributed by atoms with Gasteiger partial charge in [0.2, 0.25) is 0 Å². The highest BCUT2D eigenvalue weighted by atomic mass is 16.3. The highest BCUT2D eigenvalue weighted by Crippen LogP contribution is 2.50. The Hall–Kier alpha value is -7.42. The van der Waals surface area contributed by atoms with Gasteiger partial charge in [-0.1, -0.05) is 172 Å². The SMILES string of the molecule is CC1(C)c2ccccc2-c2cc(C(CCc3ccc4c(ccc5c6ccccc6ccc45)c3)c3ccc4c(c3)c3ccccc3n4-c3cccc4oc5ccccc5c34)ccc21. The molecular formula is C60H43NO. The smallest absolute Gasteiger partial charge is 0.137 e. The van der Waals surface area contributed by atoms with Crippen molar-refractivity contribution in [3.63, 3.8) is 0 Å². The minimum atomic E-state index is -0.0363. The lowest BCUT2D eigenvalue weighted by Crippen LogP contribution is -2.15. The summed E-state index contributed by atoms with van der Waals surface area (Å²) in [6, 6.07) is 72.4. The highest BCUT2D eigenvalue weighted by molar-refractivity contribution is 6.17. The van der Waals surface area contributed by atoms with E-state index >= 15 is 0 Å². The first-order valence-corrected chi connectivity index (χ1v) is 22.0. The molecule has 0 aliphatic heterocycles. The van der Waals surface area contributed by atoms with E-state index in [0.717, 1.165) is 40.5 Å². The first kappa shape index (κ1) is 35.3. The van der Waals surface area contributed by atoms with E-state index in [-0.39, 0.29) is 11.3 Å². The number of para-hydroxylation sites is 2. The predicted octanol–water partition coefficient (Wildman–Crippen LogP) is 16.2. The predicted molar refractivity (Wildman–Crippen MR) is 261 cm³/mol. The van der Waals surface area contributed by atoms with Gasteiger partial charge >= 0.3 is 0 Å². The van der Waals surface area contributed by atoms with Crippen molar-refractivity contribution in [1.82, 2.24) is 4.57 Å². The third kappa shape index (κ3) is 5.16. The van der Waals surface area contributed by atoms with Crippen LogP contribution in [0.15, 0.2) is 199 Å². The molecule has 1 aliphatic rings. The van der Waals surface area contributed by atoms with E-state index < -0.39 is 0 Å². The molecule has 0 saturated carbocycles. The highest BCUT2D eigenvalue weighted by Gasteiger charge is 2.35. The molecule has 0 spiro atoms. The monoisotopic (exact) mass is 793 g/mol. The maximum absolute atomic E-state index is 6.39. The van der Waals surface area contributed by atoms with Gasteiger partial charge < -0.3 is 8.98 Å². The summed E-state index contributed by atoms with van der Waals surface area (Å²) in [6.45, 7) is 4.74. The average Bonchev–Trinajstić information content (AvgIpc) is 3.94. The van der Waals surface area contributed by atoms with E-state index in [1.165, 1.54) is 93.1 Å². The quantitative estimate of drug-likeness (QED) is 0.153. The molecule has 0 N–H and O–H groups in total. The maximum Gasteiger partial charge on any atom is 0.137 e. The molecule has 0 amide bonds. The molecule has 13 rings (SSSR count). The Morgan fingerprint density at radius 3 is 2.02 bits per heavy atom. The first-order chi connectivity index (χ1) is 30.5. The minimum absolute atomic E-state index is 0.0363. The van der Waals surface area contributed by atoms with E-state index in [4.69, 9.17) is 4.42 Å². The van der Waals surface area contributed by atoms with E-state index in [1.54, 1.807) is 0 Å². The van der Waals surface area contributed by atoms with Crippen molar-refractivity contribution < 1.29 is 4.42 Å². The number of benzene rings is 10. The van der Waals surface area contributed by atoms with E-state index in [0.29, 0.717) is 0 Å². The van der Waals surface area contributed by atoms with Crippen molar-refractivity contribution in [2.45, 2.75) is 38.0 Å². The molecule has 0 bridgehead atoms. The summed E-state index contributed by atoms with van der Waals surface area (Å²) in [4.78, 5) is 0. The zero-order valence-corrected chi connectivity index (χ0v) is 34.8. The van der Waals surface area contributed by atoms with Crippen LogP contribution in [0.3, 0.4) is 0 Å². The van der Waals surface area contributed by atoms with Gasteiger partial charge in [-0.15, -0.1) is 0 Å². The third-order valence-corrected chi connectivity index (χ3v) is 14.3. The molecule has 2 heterocycles. The Balaban J connectivity index is 0.958. The van der Waals surface area contributed by atoms with E-state index in [9.17, 15) is 0 Å². The molecule has 0 radical (unpaired) electrons. The first-order valence-electron chi connectivity index (χ1n) is 22.0. The van der Waals surface area contributed by atoms with Gasteiger partial charge in [-0.2, -0.15) is 0 Å². The molecule has 0 saturated heterocycles. The molecule has 12 aromatic rings. The second-order valence-corrected chi connectivity index (χ2v) is 17.9. The van der Waals surface area contributed by atoms with Crippen molar-refractivity contribution >= 4 is 76.1 Å². The zero-order chi connectivity index (χ0) is 41.1. The molecule has 10 aromatic carbocycles. The number of aryl methyl sites for hydroxylation is 1. The van der Waals surface area contributed by atoms with Crippen LogP contribution in [-0.4, -0.2) is 4.57 Å². The van der Waals surface area contributed by atoms with Gasteiger partial charge in [0.05, 0.1) is 22.1 Å². The number of aromatic nitrogens is 1. The largest absolute Gasteiger partial charge is 0.456 e. The van der Waals surface area contributed by atoms with Crippen LogP contribution in [-0.2, 0) is 11.8 Å². The normalized spacial score (nSPS) is 13.8. The van der Waals surface area contributed by atoms with Crippen LogP contribution in [0.4, 0.5) is 0 Å². The van der Waals surface area contributed by atoms with Crippen LogP contribution in [0.2, 0.25) is 0 Å². The van der Waals surface area contributed by atoms with Crippen LogP contribution in [0, 0.1) is 0 Å². The lowest BCUT2D eigenvalue weighted by Gasteiger charge is -2.23. The number of furan rings is 1. The Kier molecular flexibility index (Phi) is 7.58. The molecule has 2 nitrogen and oxygen atoms in total. The van der Waals surface area contributed by atoms with E-state index in [2.05, 4.69) is 206 Å². The van der Waals surface area contributed by atoms with Crippen molar-refractivity contribution in [3.05, 3.63) is 222 Å². The number of nitrogens with zero attached hydrogens (tertiary/aromatic N) is 1. The van der Waals surface area contributed by atoms with Crippen LogP contribution < -0.4 is 0 Å². The summed E-state index contributed by atoms with van der Waals surface area (Å²) < 4.78 is 8.84. The number of rotatable bonds is 6. The van der Waals surface area contributed by atoms with Gasteiger partial charge in [0.25, 0.3) is 0 Å². The molecular weight excluding hydrogens is 751 g/mol. The van der Waals surface area contributed by atoms with Gasteiger partial charge in [-0.25, -0.2) is 0 Å². The lowest BCUT2D eigenvalue weighted by atomic mass is 9.80. The molecule has 0 fully saturated rings. The van der Waals surface area contributed by atoms with Crippen molar-refractivity contribution in [2.75, 3.05) is 0 Å². The Morgan fingerprint density at radius 1 is 0.452 bits per heavy atom. The molecule has 1 aliphatic carbocycles. The number of hydrogen-bond acceptors (Lipinski definition) is 1. The number of fused-ring (bicyclic) bond motifs is 14. The maximum atomic E-state index is 6.39. The Bertz CT molecular complexity index is 3800. The van der Waals surface area contributed by atoms with Gasteiger partial charge in [-0.3, -0.25) is 0 Å². The molecule has 2 heteroatoms. The van der Waals surface area contributed by atoms with Crippen LogP contribution in [0.5, 0.6) is 0 Å². The van der Waals surface area contributed by atoms with Gasteiger partial charge in [0, 0.05) is 27.5 Å². The third-order valence-electron chi connectivity index (χ3n) is 14.3. The molecule has 1 unspecified atom stereocenters. The summed E-state index contributed by atoms with van der Waals surface area (Å²) >= 11 is 0. The minimum Gasteiger partial charge on any atom is -0.456 e. The van der Waals surface area contributed by atoms with Crippen LogP contribution in [0.25, 0.3) is 92.9 Å². The molecule has 2 aromatic heterocycles. The summed E-state index contributed by atoms with van der Waals surface area (Å²) in [5, 5.41) is 12.6. The summed E-state index contributed by atoms with van der Waals surface area (Å²) in [5.41, 5.74) is 15.0. The second-order valence-electron chi connectivity index (χ2n) is 17.9. The summed E-state index contributed by atoms with van der Waals surface area (Å²) in [5.74, 6) is 0.183. The lowest BCUT2D eigenvalue weighted by molar-refractivity contribution is 0.659. The average molecular weight is 794 g/mol. The Labute approximate surface area is 360 Å². The van der Waals surface area contributed by atoms with Crippen LogP contribution >= 0.6 is 0 Å². The number of hydrogen-bond donors (Lipinski definition) is 0. The van der Waals surface area contributed by atoms with Gasteiger partial charge in [0.1, 0.15) is 11.2 Å². The summed E-state index contributed by atoms with van der Waals surface area (Å²) in [7, 11) is 0. The fourth-order valence-electron chi connectivity index (χ4n) is 11.2. The van der Waals surface area contributed by atoms with Gasteiger partial charge in [0.15, 0.2) is 0 Å². The molecule has 62 heavy (non-hydrogen) atoms.